The molecular formula is C25H20N2O2. The number of rotatable bonds is 4. The van der Waals surface area contributed by atoms with Crippen molar-refractivity contribution in [3.8, 4) is 11.4 Å². The van der Waals surface area contributed by atoms with E-state index in [0.717, 1.165) is 38.9 Å². The van der Waals surface area contributed by atoms with Gasteiger partial charge in [0.15, 0.2) is 0 Å². The maximum absolute atomic E-state index is 13.2. The molecule has 29 heavy (non-hydrogen) atoms. The molecule has 0 aliphatic rings. The zero-order valence-corrected chi connectivity index (χ0v) is 16.1. The van der Waals surface area contributed by atoms with E-state index in [4.69, 9.17) is 4.74 Å². The quantitative estimate of drug-likeness (QED) is 0.456. The summed E-state index contributed by atoms with van der Waals surface area (Å²) in [4.78, 5) is 16.5. The van der Waals surface area contributed by atoms with Crippen LogP contribution >= 0.6 is 0 Å². The second-order valence-electron chi connectivity index (χ2n) is 7.19. The molecule has 142 valence electrons. The lowest BCUT2D eigenvalue weighted by molar-refractivity contribution is 0.310. The molecule has 0 spiro atoms. The molecule has 5 aromatic rings. The highest BCUT2D eigenvalue weighted by Crippen LogP contribution is 2.32. The molecule has 0 amide bonds. The average molecular weight is 380 g/mol. The van der Waals surface area contributed by atoms with Crippen molar-refractivity contribution < 1.29 is 4.74 Å². The number of benzene rings is 3. The largest absolute Gasteiger partial charge is 0.488 e. The van der Waals surface area contributed by atoms with E-state index < -0.39 is 0 Å². The molecular weight excluding hydrogens is 360 g/mol. The molecule has 0 bridgehead atoms. The number of aryl methyl sites for hydroxylation is 1. The highest BCUT2D eigenvalue weighted by molar-refractivity contribution is 6.10. The molecule has 4 nitrogen and oxygen atoms in total. The minimum Gasteiger partial charge on any atom is -0.488 e. The third kappa shape index (κ3) is 3.09. The Morgan fingerprint density at radius 2 is 1.69 bits per heavy atom. The van der Waals surface area contributed by atoms with Crippen LogP contribution in [0.1, 0.15) is 11.1 Å². The lowest BCUT2D eigenvalue weighted by Crippen LogP contribution is -2.17. The molecule has 1 N–H and O–H groups in total. The first-order chi connectivity index (χ1) is 14.2. The summed E-state index contributed by atoms with van der Waals surface area (Å²) < 4.78 is 7.78. The van der Waals surface area contributed by atoms with E-state index in [0.29, 0.717) is 12.1 Å². The Morgan fingerprint density at radius 3 is 2.48 bits per heavy atom. The second-order valence-corrected chi connectivity index (χ2v) is 7.19. The molecule has 3 aromatic carbocycles. The van der Waals surface area contributed by atoms with Gasteiger partial charge in [-0.25, -0.2) is 0 Å². The maximum Gasteiger partial charge on any atom is 0.279 e. The third-order valence-electron chi connectivity index (χ3n) is 5.20. The summed E-state index contributed by atoms with van der Waals surface area (Å²) in [5, 5.41) is 1.81. The van der Waals surface area contributed by atoms with Crippen molar-refractivity contribution in [3.05, 3.63) is 107 Å². The molecule has 5 rings (SSSR count). The standard InChI is InChI=1S/C25H20N2O2/c1-17-10-12-19(13-11-17)27-15-14-20-23-21(26-24(20)25(27)28)8-5-9-22(23)29-16-18-6-3-2-4-7-18/h2-15,26H,16H2,1H3. The van der Waals surface area contributed by atoms with Crippen molar-refractivity contribution in [2.75, 3.05) is 0 Å². The number of nitrogens with zero attached hydrogens (tertiary/aromatic N) is 1. The number of hydrogen-bond donors (Lipinski definition) is 1. The van der Waals surface area contributed by atoms with Crippen molar-refractivity contribution in [1.29, 1.82) is 0 Å². The predicted molar refractivity (Wildman–Crippen MR) is 117 cm³/mol. The van der Waals surface area contributed by atoms with Crippen LogP contribution in [0.4, 0.5) is 0 Å². The smallest absolute Gasteiger partial charge is 0.279 e. The highest BCUT2D eigenvalue weighted by atomic mass is 16.5. The summed E-state index contributed by atoms with van der Waals surface area (Å²) in [6.07, 6.45) is 1.83. The van der Waals surface area contributed by atoms with Gasteiger partial charge in [-0.1, -0.05) is 54.1 Å². The second kappa shape index (κ2) is 6.99. The van der Waals surface area contributed by atoms with Gasteiger partial charge in [-0.15, -0.1) is 0 Å². The maximum atomic E-state index is 13.2. The zero-order chi connectivity index (χ0) is 19.8. The molecule has 4 heteroatoms. The van der Waals surface area contributed by atoms with Gasteiger partial charge in [-0.2, -0.15) is 0 Å². The number of nitrogens with one attached hydrogen (secondary N) is 1. The Kier molecular flexibility index (Phi) is 4.17. The lowest BCUT2D eigenvalue weighted by atomic mass is 10.1. The first-order valence-corrected chi connectivity index (χ1v) is 9.60. The number of aromatic amines is 1. The van der Waals surface area contributed by atoms with Gasteiger partial charge in [0.05, 0.1) is 5.52 Å². The van der Waals surface area contributed by atoms with Crippen molar-refractivity contribution in [1.82, 2.24) is 9.55 Å². The highest BCUT2D eigenvalue weighted by Gasteiger charge is 2.14. The van der Waals surface area contributed by atoms with Crippen LogP contribution in [0.2, 0.25) is 0 Å². The van der Waals surface area contributed by atoms with Crippen LogP contribution in [-0.4, -0.2) is 9.55 Å². The summed E-state index contributed by atoms with van der Waals surface area (Å²) in [5.41, 5.74) is 4.51. The minimum absolute atomic E-state index is 0.0726. The first-order valence-electron chi connectivity index (χ1n) is 9.60. The number of H-pyrrole nitrogens is 1. The molecule has 2 heterocycles. The summed E-state index contributed by atoms with van der Waals surface area (Å²) >= 11 is 0. The van der Waals surface area contributed by atoms with Gasteiger partial charge in [-0.3, -0.25) is 9.36 Å². The molecule has 0 radical (unpaired) electrons. The normalized spacial score (nSPS) is 11.2. The van der Waals surface area contributed by atoms with Gasteiger partial charge in [0.2, 0.25) is 0 Å². The number of fused-ring (bicyclic) bond motifs is 3. The topological polar surface area (TPSA) is 47.0 Å². The lowest BCUT2D eigenvalue weighted by Gasteiger charge is -2.08. The molecule has 0 fully saturated rings. The molecule has 2 aromatic heterocycles. The van der Waals surface area contributed by atoms with Gasteiger partial charge < -0.3 is 9.72 Å². The monoisotopic (exact) mass is 380 g/mol. The van der Waals surface area contributed by atoms with E-state index in [1.54, 1.807) is 4.57 Å². The number of hydrogen-bond acceptors (Lipinski definition) is 2. The van der Waals surface area contributed by atoms with Crippen LogP contribution in [0.25, 0.3) is 27.5 Å². The van der Waals surface area contributed by atoms with Crippen LogP contribution < -0.4 is 10.3 Å². The zero-order valence-electron chi connectivity index (χ0n) is 16.1. The fourth-order valence-electron chi connectivity index (χ4n) is 3.68. The summed E-state index contributed by atoms with van der Waals surface area (Å²) in [6, 6.07) is 25.8. The predicted octanol–water partition coefficient (Wildman–Crippen LogP) is 5.36. The molecule has 0 saturated carbocycles. The Hall–Kier alpha value is -3.79. The van der Waals surface area contributed by atoms with Gasteiger partial charge in [0.25, 0.3) is 5.56 Å². The van der Waals surface area contributed by atoms with Gasteiger partial charge >= 0.3 is 0 Å². The number of aromatic nitrogens is 2. The van der Waals surface area contributed by atoms with E-state index in [-0.39, 0.29) is 5.56 Å². The average Bonchev–Trinajstić information content (AvgIpc) is 3.14. The number of pyridine rings is 1. The van der Waals surface area contributed by atoms with E-state index in [1.165, 1.54) is 0 Å². The molecule has 0 aliphatic carbocycles. The molecule has 0 aliphatic heterocycles. The van der Waals surface area contributed by atoms with Crippen LogP contribution in [-0.2, 0) is 6.61 Å². The Labute approximate surface area is 168 Å². The first kappa shape index (κ1) is 17.3. The van der Waals surface area contributed by atoms with E-state index in [2.05, 4.69) is 4.98 Å². The Bertz CT molecular complexity index is 1360. The molecule has 0 saturated heterocycles. The summed E-state index contributed by atoms with van der Waals surface area (Å²) in [6.45, 7) is 2.51. The van der Waals surface area contributed by atoms with E-state index in [1.807, 2.05) is 92.0 Å². The Morgan fingerprint density at radius 1 is 0.897 bits per heavy atom. The van der Waals surface area contributed by atoms with Crippen molar-refractivity contribution in [2.24, 2.45) is 0 Å². The molecule has 0 atom stereocenters. The van der Waals surface area contributed by atoms with Gasteiger partial charge in [0.1, 0.15) is 17.9 Å². The van der Waals surface area contributed by atoms with E-state index >= 15 is 0 Å². The van der Waals surface area contributed by atoms with Crippen molar-refractivity contribution in [2.45, 2.75) is 13.5 Å². The van der Waals surface area contributed by atoms with E-state index in [9.17, 15) is 4.79 Å². The minimum atomic E-state index is -0.0726. The van der Waals surface area contributed by atoms with Gasteiger partial charge in [0, 0.05) is 22.7 Å². The number of ether oxygens (including phenoxy) is 1. The van der Waals surface area contributed by atoms with Crippen molar-refractivity contribution in [3.63, 3.8) is 0 Å². The molecule has 0 unspecified atom stereocenters. The third-order valence-corrected chi connectivity index (χ3v) is 5.20. The fraction of sp³-hybridized carbons (Fsp3) is 0.0800. The van der Waals surface area contributed by atoms with Crippen LogP contribution in [0.5, 0.6) is 5.75 Å². The fourth-order valence-corrected chi connectivity index (χ4v) is 3.68. The van der Waals surface area contributed by atoms with Crippen LogP contribution in [0.3, 0.4) is 0 Å². The van der Waals surface area contributed by atoms with Gasteiger partial charge in [-0.05, 0) is 42.8 Å². The Balaban J connectivity index is 1.61. The summed E-state index contributed by atoms with van der Waals surface area (Å²) in [7, 11) is 0. The SMILES string of the molecule is Cc1ccc(-n2ccc3c([nH]c4cccc(OCc5ccccc5)c43)c2=O)cc1. The van der Waals surface area contributed by atoms with Crippen LogP contribution in [0, 0.1) is 6.92 Å². The summed E-state index contributed by atoms with van der Waals surface area (Å²) in [5.74, 6) is 0.769. The van der Waals surface area contributed by atoms with Crippen LogP contribution in [0.15, 0.2) is 89.9 Å². The van der Waals surface area contributed by atoms with Crippen molar-refractivity contribution >= 4 is 21.8 Å².